The van der Waals surface area contributed by atoms with E-state index in [0.29, 0.717) is 12.1 Å². The zero-order valence-corrected chi connectivity index (χ0v) is 8.87. The smallest absolute Gasteiger partial charge is 0.341 e. The Morgan fingerprint density at radius 2 is 2.56 bits per heavy atom. The summed E-state index contributed by atoms with van der Waals surface area (Å²) in [4.78, 5) is 11.5. The Labute approximate surface area is 92.6 Å². The third-order valence-electron chi connectivity index (χ3n) is 2.07. The summed E-state index contributed by atoms with van der Waals surface area (Å²) < 4.78 is 11.7. The molecule has 2 aromatic heterocycles. The highest BCUT2D eigenvalue weighted by atomic mass is 16.5. The molecule has 0 radical (unpaired) electrons. The van der Waals surface area contributed by atoms with Gasteiger partial charge in [0, 0.05) is 12.4 Å². The number of nitrogens with zero attached hydrogens (tertiary/aromatic N) is 2. The Bertz CT molecular complexity index is 434. The number of esters is 1. The van der Waals surface area contributed by atoms with Gasteiger partial charge in [-0.25, -0.2) is 4.79 Å². The van der Waals surface area contributed by atoms with E-state index in [1.54, 1.807) is 16.9 Å². The largest absolute Gasteiger partial charge is 0.472 e. The molecule has 2 rings (SSSR count). The standard InChI is InChI=1S/C11H12N2O3/c1-9(7-13-5-2-4-12-13)16-11(14)10-3-6-15-8-10/h2-6,8-9H,7H2,1H3. The van der Waals surface area contributed by atoms with E-state index in [2.05, 4.69) is 5.10 Å². The molecule has 84 valence electrons. The van der Waals surface area contributed by atoms with Gasteiger partial charge in [0.2, 0.25) is 0 Å². The lowest BCUT2D eigenvalue weighted by Gasteiger charge is -2.12. The summed E-state index contributed by atoms with van der Waals surface area (Å²) in [6.07, 6.45) is 6.08. The van der Waals surface area contributed by atoms with Crippen molar-refractivity contribution in [2.75, 3.05) is 0 Å². The van der Waals surface area contributed by atoms with Crippen molar-refractivity contribution < 1.29 is 13.9 Å². The molecule has 5 heteroatoms. The van der Waals surface area contributed by atoms with E-state index in [0.717, 1.165) is 0 Å². The van der Waals surface area contributed by atoms with Gasteiger partial charge in [0.1, 0.15) is 12.4 Å². The molecule has 0 saturated heterocycles. The summed E-state index contributed by atoms with van der Waals surface area (Å²) in [5.74, 6) is -0.381. The molecule has 16 heavy (non-hydrogen) atoms. The van der Waals surface area contributed by atoms with Crippen molar-refractivity contribution in [1.82, 2.24) is 9.78 Å². The van der Waals surface area contributed by atoms with Gasteiger partial charge in [-0.05, 0) is 19.1 Å². The van der Waals surface area contributed by atoms with Crippen LogP contribution in [0.3, 0.4) is 0 Å². The minimum atomic E-state index is -0.381. The number of hydrogen-bond donors (Lipinski definition) is 0. The van der Waals surface area contributed by atoms with E-state index in [-0.39, 0.29) is 12.1 Å². The predicted molar refractivity (Wildman–Crippen MR) is 55.8 cm³/mol. The van der Waals surface area contributed by atoms with Crippen molar-refractivity contribution in [1.29, 1.82) is 0 Å². The van der Waals surface area contributed by atoms with Crippen molar-refractivity contribution in [2.24, 2.45) is 0 Å². The Balaban J connectivity index is 1.88. The van der Waals surface area contributed by atoms with Crippen molar-refractivity contribution >= 4 is 5.97 Å². The fraction of sp³-hybridized carbons (Fsp3) is 0.273. The first-order valence-electron chi connectivity index (χ1n) is 4.96. The molecule has 1 atom stereocenters. The first-order chi connectivity index (χ1) is 7.75. The number of ether oxygens (including phenoxy) is 1. The van der Waals surface area contributed by atoms with E-state index < -0.39 is 0 Å². The van der Waals surface area contributed by atoms with Crippen LogP contribution in [0.15, 0.2) is 41.5 Å². The van der Waals surface area contributed by atoms with Gasteiger partial charge in [-0.2, -0.15) is 5.10 Å². The molecular weight excluding hydrogens is 208 g/mol. The van der Waals surface area contributed by atoms with Gasteiger partial charge >= 0.3 is 5.97 Å². The molecule has 0 saturated carbocycles. The SMILES string of the molecule is CC(Cn1cccn1)OC(=O)c1ccoc1. The van der Waals surface area contributed by atoms with E-state index in [9.17, 15) is 4.79 Å². The van der Waals surface area contributed by atoms with E-state index in [1.807, 2.05) is 19.2 Å². The highest BCUT2D eigenvalue weighted by Gasteiger charge is 2.13. The van der Waals surface area contributed by atoms with Crippen LogP contribution in [0.5, 0.6) is 0 Å². The summed E-state index contributed by atoms with van der Waals surface area (Å²) >= 11 is 0. The zero-order chi connectivity index (χ0) is 11.4. The van der Waals surface area contributed by atoms with Gasteiger partial charge in [-0.15, -0.1) is 0 Å². The number of carbonyl (C=O) groups excluding carboxylic acids is 1. The molecular formula is C11H12N2O3. The van der Waals surface area contributed by atoms with Gasteiger partial charge in [0.05, 0.1) is 18.4 Å². The second-order valence-electron chi connectivity index (χ2n) is 3.46. The van der Waals surface area contributed by atoms with Crippen LogP contribution >= 0.6 is 0 Å². The molecule has 0 aromatic carbocycles. The van der Waals surface area contributed by atoms with Crippen LogP contribution in [0.4, 0.5) is 0 Å². The average Bonchev–Trinajstić information content (AvgIpc) is 2.88. The van der Waals surface area contributed by atoms with Gasteiger partial charge in [-0.1, -0.05) is 0 Å². The lowest BCUT2D eigenvalue weighted by atomic mass is 10.3. The zero-order valence-electron chi connectivity index (χ0n) is 8.87. The molecule has 0 aliphatic heterocycles. The third-order valence-corrected chi connectivity index (χ3v) is 2.07. The van der Waals surface area contributed by atoms with Crippen LogP contribution < -0.4 is 0 Å². The fourth-order valence-electron chi connectivity index (χ4n) is 1.34. The Kier molecular flexibility index (Phi) is 3.05. The van der Waals surface area contributed by atoms with Crippen LogP contribution in [0.2, 0.25) is 0 Å². The number of hydrogen-bond acceptors (Lipinski definition) is 4. The van der Waals surface area contributed by atoms with Crippen molar-refractivity contribution in [2.45, 2.75) is 19.6 Å². The summed E-state index contributed by atoms with van der Waals surface area (Å²) in [6.45, 7) is 2.36. The second-order valence-corrected chi connectivity index (χ2v) is 3.46. The fourth-order valence-corrected chi connectivity index (χ4v) is 1.34. The second kappa shape index (κ2) is 4.65. The van der Waals surface area contributed by atoms with Crippen LogP contribution in [-0.2, 0) is 11.3 Å². The van der Waals surface area contributed by atoms with Crippen LogP contribution in [-0.4, -0.2) is 21.9 Å². The molecule has 2 aromatic rings. The first kappa shape index (κ1) is 10.5. The molecule has 0 N–H and O–H groups in total. The highest BCUT2D eigenvalue weighted by Crippen LogP contribution is 2.05. The van der Waals surface area contributed by atoms with E-state index in [4.69, 9.17) is 9.15 Å². The first-order valence-corrected chi connectivity index (χ1v) is 4.96. The minimum Gasteiger partial charge on any atom is -0.472 e. The molecule has 1 unspecified atom stereocenters. The topological polar surface area (TPSA) is 57.3 Å². The molecule has 0 aliphatic carbocycles. The van der Waals surface area contributed by atoms with Crippen LogP contribution in [0.25, 0.3) is 0 Å². The van der Waals surface area contributed by atoms with Gasteiger partial charge in [-0.3, -0.25) is 4.68 Å². The Morgan fingerprint density at radius 1 is 1.69 bits per heavy atom. The van der Waals surface area contributed by atoms with Crippen molar-refractivity contribution in [3.05, 3.63) is 42.6 Å². The van der Waals surface area contributed by atoms with Gasteiger partial charge < -0.3 is 9.15 Å². The quantitative estimate of drug-likeness (QED) is 0.736. The molecule has 0 spiro atoms. The maximum absolute atomic E-state index is 11.5. The maximum Gasteiger partial charge on any atom is 0.341 e. The lowest BCUT2D eigenvalue weighted by Crippen LogP contribution is -2.20. The van der Waals surface area contributed by atoms with E-state index in [1.165, 1.54) is 12.5 Å². The minimum absolute atomic E-state index is 0.234. The van der Waals surface area contributed by atoms with Crippen LogP contribution in [0, 0.1) is 0 Å². The summed E-state index contributed by atoms with van der Waals surface area (Å²) in [6, 6.07) is 3.40. The molecule has 0 aliphatic rings. The molecule has 0 bridgehead atoms. The number of furan rings is 1. The third kappa shape index (κ3) is 2.50. The number of aromatic nitrogens is 2. The lowest BCUT2D eigenvalue weighted by molar-refractivity contribution is 0.0298. The predicted octanol–water partition coefficient (Wildman–Crippen LogP) is 1.72. The van der Waals surface area contributed by atoms with E-state index >= 15 is 0 Å². The van der Waals surface area contributed by atoms with Crippen molar-refractivity contribution in [3.8, 4) is 0 Å². The summed E-state index contributed by atoms with van der Waals surface area (Å²) in [5, 5.41) is 4.03. The maximum atomic E-state index is 11.5. The summed E-state index contributed by atoms with van der Waals surface area (Å²) in [5.41, 5.74) is 0.423. The van der Waals surface area contributed by atoms with Crippen LogP contribution in [0.1, 0.15) is 17.3 Å². The number of carbonyl (C=O) groups is 1. The van der Waals surface area contributed by atoms with Crippen molar-refractivity contribution in [3.63, 3.8) is 0 Å². The van der Waals surface area contributed by atoms with Gasteiger partial charge in [0.25, 0.3) is 0 Å². The number of rotatable bonds is 4. The summed E-state index contributed by atoms with van der Waals surface area (Å²) in [7, 11) is 0. The molecule has 5 nitrogen and oxygen atoms in total. The van der Waals surface area contributed by atoms with Gasteiger partial charge in [0.15, 0.2) is 0 Å². The molecule has 0 fully saturated rings. The molecule has 0 amide bonds. The Morgan fingerprint density at radius 3 is 3.19 bits per heavy atom. The Hall–Kier alpha value is -2.04. The normalized spacial score (nSPS) is 12.3. The monoisotopic (exact) mass is 220 g/mol. The average molecular weight is 220 g/mol. The highest BCUT2D eigenvalue weighted by molar-refractivity contribution is 5.88. The molecule has 2 heterocycles.